The Morgan fingerprint density at radius 1 is 0.692 bits per heavy atom. The normalized spacial score (nSPS) is 13.1. The number of benzene rings is 3. The van der Waals surface area contributed by atoms with Gasteiger partial charge in [0.05, 0.1) is 16.8 Å². The lowest BCUT2D eigenvalue weighted by Gasteiger charge is -2.13. The number of ether oxygens (including phenoxy) is 1. The van der Waals surface area contributed by atoms with Crippen LogP contribution >= 0.6 is 0 Å². The van der Waals surface area contributed by atoms with Crippen molar-refractivity contribution in [3.05, 3.63) is 89.0 Å². The lowest BCUT2D eigenvalue weighted by atomic mass is 10.1. The summed E-state index contributed by atoms with van der Waals surface area (Å²) in [4.78, 5) is 26.6. The fraction of sp³-hybridized carbons (Fsp3) is 0.0909. The van der Waals surface area contributed by atoms with Crippen molar-refractivity contribution >= 4 is 17.5 Å². The van der Waals surface area contributed by atoms with E-state index in [-0.39, 0.29) is 11.8 Å². The van der Waals surface area contributed by atoms with Crippen LogP contribution < -0.4 is 9.64 Å². The predicted molar refractivity (Wildman–Crippen MR) is 100 cm³/mol. The van der Waals surface area contributed by atoms with Gasteiger partial charge in [0.1, 0.15) is 11.5 Å². The van der Waals surface area contributed by atoms with Crippen LogP contribution in [0.5, 0.6) is 11.5 Å². The molecule has 4 rings (SSSR count). The Balaban J connectivity index is 1.68. The molecule has 0 N–H and O–H groups in total. The first kappa shape index (κ1) is 16.1. The number of carbonyl (C=O) groups is 2. The molecule has 3 aromatic carbocycles. The Bertz CT molecular complexity index is 1000. The second-order valence-electron chi connectivity index (χ2n) is 6.41. The van der Waals surface area contributed by atoms with Gasteiger partial charge in [0.15, 0.2) is 0 Å². The van der Waals surface area contributed by atoms with Gasteiger partial charge in [-0.2, -0.15) is 0 Å². The molecule has 1 aliphatic heterocycles. The van der Waals surface area contributed by atoms with Gasteiger partial charge in [-0.1, -0.05) is 24.3 Å². The fourth-order valence-electron chi connectivity index (χ4n) is 3.22. The van der Waals surface area contributed by atoms with Gasteiger partial charge < -0.3 is 4.74 Å². The van der Waals surface area contributed by atoms with E-state index in [1.807, 2.05) is 32.0 Å². The maximum Gasteiger partial charge on any atom is 0.266 e. The minimum atomic E-state index is -0.331. The SMILES string of the molecule is Cc1cc(C)cc(Oc2ccc3c(c2)C(=O)N(c2ccccc2)C3=O)c1. The highest BCUT2D eigenvalue weighted by molar-refractivity contribution is 6.34. The summed E-state index contributed by atoms with van der Waals surface area (Å²) in [7, 11) is 0. The number of carbonyl (C=O) groups excluding carboxylic acids is 2. The quantitative estimate of drug-likeness (QED) is 0.636. The van der Waals surface area contributed by atoms with Crippen molar-refractivity contribution in [1.82, 2.24) is 0 Å². The number of aryl methyl sites for hydroxylation is 2. The molecule has 0 atom stereocenters. The summed E-state index contributed by atoms with van der Waals surface area (Å²) < 4.78 is 5.91. The molecule has 0 aliphatic carbocycles. The molecule has 4 nitrogen and oxygen atoms in total. The minimum Gasteiger partial charge on any atom is -0.457 e. The molecule has 128 valence electrons. The number of amides is 2. The number of fused-ring (bicyclic) bond motifs is 1. The second kappa shape index (κ2) is 6.15. The van der Waals surface area contributed by atoms with E-state index >= 15 is 0 Å². The van der Waals surface area contributed by atoms with E-state index in [2.05, 4.69) is 6.07 Å². The van der Waals surface area contributed by atoms with Crippen molar-refractivity contribution in [3.8, 4) is 11.5 Å². The van der Waals surface area contributed by atoms with Crippen LogP contribution in [0.2, 0.25) is 0 Å². The Morgan fingerprint density at radius 3 is 2.04 bits per heavy atom. The van der Waals surface area contributed by atoms with E-state index in [4.69, 9.17) is 4.74 Å². The first-order valence-corrected chi connectivity index (χ1v) is 8.37. The van der Waals surface area contributed by atoms with E-state index in [1.165, 1.54) is 4.90 Å². The molecule has 3 aromatic rings. The molecular weight excluding hydrogens is 326 g/mol. The molecule has 0 unspecified atom stereocenters. The Labute approximate surface area is 151 Å². The van der Waals surface area contributed by atoms with Crippen LogP contribution in [0, 0.1) is 13.8 Å². The number of anilines is 1. The Morgan fingerprint density at radius 2 is 1.35 bits per heavy atom. The number of hydrogen-bond acceptors (Lipinski definition) is 3. The third kappa shape index (κ3) is 2.75. The molecular formula is C22H17NO3. The Hall–Kier alpha value is -3.40. The van der Waals surface area contributed by atoms with Gasteiger partial charge in [0.2, 0.25) is 0 Å². The van der Waals surface area contributed by atoms with Crippen molar-refractivity contribution in [2.24, 2.45) is 0 Å². The Kier molecular flexibility index (Phi) is 3.81. The van der Waals surface area contributed by atoms with Gasteiger partial charge in [0, 0.05) is 0 Å². The maximum absolute atomic E-state index is 12.8. The lowest BCUT2D eigenvalue weighted by Crippen LogP contribution is -2.29. The van der Waals surface area contributed by atoms with Crippen LogP contribution in [-0.2, 0) is 0 Å². The smallest absolute Gasteiger partial charge is 0.266 e. The van der Waals surface area contributed by atoms with Crippen molar-refractivity contribution in [2.45, 2.75) is 13.8 Å². The highest BCUT2D eigenvalue weighted by Gasteiger charge is 2.36. The summed E-state index contributed by atoms with van der Waals surface area (Å²) in [6.45, 7) is 4.00. The van der Waals surface area contributed by atoms with Crippen molar-refractivity contribution in [2.75, 3.05) is 4.90 Å². The van der Waals surface area contributed by atoms with Crippen LogP contribution in [0.4, 0.5) is 5.69 Å². The largest absolute Gasteiger partial charge is 0.457 e. The van der Waals surface area contributed by atoms with E-state index in [0.29, 0.717) is 28.3 Å². The number of hydrogen-bond donors (Lipinski definition) is 0. The molecule has 0 saturated carbocycles. The summed E-state index contributed by atoms with van der Waals surface area (Å²) in [5.41, 5.74) is 3.52. The molecule has 0 spiro atoms. The summed E-state index contributed by atoms with van der Waals surface area (Å²) >= 11 is 0. The molecule has 1 aliphatic rings. The van der Waals surface area contributed by atoms with Gasteiger partial charge in [-0.05, 0) is 67.4 Å². The first-order valence-electron chi connectivity index (χ1n) is 8.37. The summed E-state index contributed by atoms with van der Waals surface area (Å²) in [6.07, 6.45) is 0. The third-order valence-electron chi connectivity index (χ3n) is 4.30. The number of rotatable bonds is 3. The van der Waals surface area contributed by atoms with Gasteiger partial charge in [0.25, 0.3) is 11.8 Å². The average Bonchev–Trinajstić information content (AvgIpc) is 2.85. The summed E-state index contributed by atoms with van der Waals surface area (Å²) in [6, 6.07) is 19.9. The van der Waals surface area contributed by atoms with Gasteiger partial charge >= 0.3 is 0 Å². The van der Waals surface area contributed by atoms with Gasteiger partial charge in [-0.3, -0.25) is 9.59 Å². The van der Waals surface area contributed by atoms with Crippen molar-refractivity contribution in [1.29, 1.82) is 0 Å². The standard InChI is InChI=1S/C22H17NO3/c1-14-10-15(2)12-18(11-14)26-17-8-9-19-20(13-17)22(25)23(21(19)24)16-6-4-3-5-7-16/h3-13H,1-2H3. The monoisotopic (exact) mass is 343 g/mol. The van der Waals surface area contributed by atoms with Crippen LogP contribution in [0.25, 0.3) is 0 Å². The van der Waals surface area contributed by atoms with Crippen LogP contribution in [-0.4, -0.2) is 11.8 Å². The second-order valence-corrected chi connectivity index (χ2v) is 6.41. The van der Waals surface area contributed by atoms with Crippen LogP contribution in [0.15, 0.2) is 66.7 Å². The van der Waals surface area contributed by atoms with Crippen LogP contribution in [0.3, 0.4) is 0 Å². The zero-order valence-electron chi connectivity index (χ0n) is 14.5. The lowest BCUT2D eigenvalue weighted by molar-refractivity contribution is 0.0926. The summed E-state index contributed by atoms with van der Waals surface area (Å²) in [5.74, 6) is 0.597. The molecule has 0 bridgehead atoms. The average molecular weight is 343 g/mol. The van der Waals surface area contributed by atoms with E-state index < -0.39 is 0 Å². The van der Waals surface area contributed by atoms with Crippen molar-refractivity contribution < 1.29 is 14.3 Å². The van der Waals surface area contributed by atoms with Crippen molar-refractivity contribution in [3.63, 3.8) is 0 Å². The van der Waals surface area contributed by atoms with Gasteiger partial charge in [-0.25, -0.2) is 4.90 Å². The molecule has 0 saturated heterocycles. The van der Waals surface area contributed by atoms with E-state index in [0.717, 1.165) is 11.1 Å². The number of para-hydroxylation sites is 1. The van der Waals surface area contributed by atoms with E-state index in [9.17, 15) is 9.59 Å². The summed E-state index contributed by atoms with van der Waals surface area (Å²) in [5, 5.41) is 0. The highest BCUT2D eigenvalue weighted by atomic mass is 16.5. The topological polar surface area (TPSA) is 46.6 Å². The van der Waals surface area contributed by atoms with Gasteiger partial charge in [-0.15, -0.1) is 0 Å². The van der Waals surface area contributed by atoms with Crippen LogP contribution in [0.1, 0.15) is 31.8 Å². The first-order chi connectivity index (χ1) is 12.5. The highest BCUT2D eigenvalue weighted by Crippen LogP contribution is 2.32. The molecule has 0 radical (unpaired) electrons. The van der Waals surface area contributed by atoms with E-state index in [1.54, 1.807) is 42.5 Å². The molecule has 0 aromatic heterocycles. The zero-order valence-corrected chi connectivity index (χ0v) is 14.5. The molecule has 4 heteroatoms. The molecule has 26 heavy (non-hydrogen) atoms. The molecule has 1 heterocycles. The minimum absolute atomic E-state index is 0.311. The zero-order chi connectivity index (χ0) is 18.3. The molecule has 0 fully saturated rings. The third-order valence-corrected chi connectivity index (χ3v) is 4.30. The number of imide groups is 1. The number of nitrogens with zero attached hydrogens (tertiary/aromatic N) is 1. The maximum atomic E-state index is 12.8. The molecule has 2 amide bonds. The fourth-order valence-corrected chi connectivity index (χ4v) is 3.22. The predicted octanol–water partition coefficient (Wildman–Crippen LogP) is 4.90.